The van der Waals surface area contributed by atoms with Crippen LogP contribution >= 0.6 is 0 Å². The van der Waals surface area contributed by atoms with E-state index in [0.717, 1.165) is 0 Å². The van der Waals surface area contributed by atoms with Gasteiger partial charge in [0.15, 0.2) is 0 Å². The summed E-state index contributed by atoms with van der Waals surface area (Å²) < 4.78 is 23.7. The van der Waals surface area contributed by atoms with Gasteiger partial charge >= 0.3 is 5.97 Å². The minimum atomic E-state index is -0.545. The summed E-state index contributed by atoms with van der Waals surface area (Å²) >= 11 is 0. The molecule has 0 unspecified atom stereocenters. The molecule has 0 N–H and O–H groups in total. The van der Waals surface area contributed by atoms with Crippen LogP contribution in [0.1, 0.15) is 22.8 Å². The Morgan fingerprint density at radius 2 is 2.10 bits per heavy atom. The maximum atomic E-state index is 13.4. The second-order valence-electron chi connectivity index (χ2n) is 3.98. The van der Waals surface area contributed by atoms with Crippen molar-refractivity contribution in [2.75, 3.05) is 6.61 Å². The topological polar surface area (TPSA) is 48.4 Å². The van der Waals surface area contributed by atoms with Gasteiger partial charge in [-0.3, -0.25) is 0 Å². The molecule has 0 amide bonds. The minimum Gasteiger partial charge on any atom is -0.478 e. The maximum Gasteiger partial charge on any atom is 0.338 e. The van der Waals surface area contributed by atoms with Gasteiger partial charge in [-0.25, -0.2) is 14.2 Å². The molecule has 1 aromatic carbocycles. The fourth-order valence-electron chi connectivity index (χ4n) is 1.61. The van der Waals surface area contributed by atoms with Crippen LogP contribution < -0.4 is 4.74 Å². The van der Waals surface area contributed by atoms with E-state index < -0.39 is 11.8 Å². The first-order valence-corrected chi connectivity index (χ1v) is 6.20. The summed E-state index contributed by atoms with van der Waals surface area (Å²) in [4.78, 5) is 15.8. The number of ether oxygens (including phenoxy) is 2. The van der Waals surface area contributed by atoms with E-state index in [1.807, 2.05) is 6.92 Å². The van der Waals surface area contributed by atoms with Crippen molar-refractivity contribution in [3.8, 4) is 5.88 Å². The molecule has 20 heavy (non-hydrogen) atoms. The summed E-state index contributed by atoms with van der Waals surface area (Å²) in [5.74, 6) is -0.588. The molecule has 104 valence electrons. The van der Waals surface area contributed by atoms with Gasteiger partial charge in [0.1, 0.15) is 12.4 Å². The summed E-state index contributed by atoms with van der Waals surface area (Å²) in [5, 5.41) is 0. The first-order chi connectivity index (χ1) is 9.70. The van der Waals surface area contributed by atoms with Crippen molar-refractivity contribution in [1.29, 1.82) is 0 Å². The fourth-order valence-corrected chi connectivity index (χ4v) is 1.61. The summed E-state index contributed by atoms with van der Waals surface area (Å²) in [6.45, 7) is 2.17. The van der Waals surface area contributed by atoms with Crippen molar-refractivity contribution in [2.45, 2.75) is 13.5 Å². The second kappa shape index (κ2) is 6.65. The van der Waals surface area contributed by atoms with E-state index >= 15 is 0 Å². The Labute approximate surface area is 116 Å². The lowest BCUT2D eigenvalue weighted by Crippen LogP contribution is -2.07. The highest BCUT2D eigenvalue weighted by molar-refractivity contribution is 5.89. The summed E-state index contributed by atoms with van der Waals surface area (Å²) in [7, 11) is 0. The number of halogens is 1. The minimum absolute atomic E-state index is 0.113. The van der Waals surface area contributed by atoms with Crippen LogP contribution in [0.5, 0.6) is 5.88 Å². The summed E-state index contributed by atoms with van der Waals surface area (Å²) in [6, 6.07) is 9.17. The van der Waals surface area contributed by atoms with Crippen molar-refractivity contribution in [2.24, 2.45) is 0 Å². The molecule has 0 fully saturated rings. The van der Waals surface area contributed by atoms with Crippen molar-refractivity contribution in [3.05, 3.63) is 59.5 Å². The molecule has 0 aliphatic heterocycles. The van der Waals surface area contributed by atoms with Gasteiger partial charge in [-0.05, 0) is 19.1 Å². The van der Waals surface area contributed by atoms with Gasteiger partial charge in [0.05, 0.1) is 12.2 Å². The van der Waals surface area contributed by atoms with Gasteiger partial charge in [-0.2, -0.15) is 0 Å². The molecule has 0 bridgehead atoms. The number of carbonyl (C=O) groups is 1. The first-order valence-electron chi connectivity index (χ1n) is 6.20. The van der Waals surface area contributed by atoms with Crippen molar-refractivity contribution in [1.82, 2.24) is 4.98 Å². The van der Waals surface area contributed by atoms with Crippen molar-refractivity contribution < 1.29 is 18.7 Å². The molecular formula is C15H14FNO3. The average Bonchev–Trinajstić information content (AvgIpc) is 2.47. The predicted octanol–water partition coefficient (Wildman–Crippen LogP) is 2.98. The number of aromatic nitrogens is 1. The number of rotatable bonds is 5. The first kappa shape index (κ1) is 14.0. The lowest BCUT2D eigenvalue weighted by atomic mass is 10.2. The maximum absolute atomic E-state index is 13.4. The molecule has 2 rings (SSSR count). The molecule has 0 saturated heterocycles. The largest absolute Gasteiger partial charge is 0.478 e. The number of carbonyl (C=O) groups excluding carboxylic acids is 1. The molecule has 0 aliphatic rings. The molecule has 5 heteroatoms. The van der Waals surface area contributed by atoms with Crippen LogP contribution in [0.3, 0.4) is 0 Å². The Morgan fingerprint density at radius 3 is 2.85 bits per heavy atom. The van der Waals surface area contributed by atoms with Crippen LogP contribution in [0.4, 0.5) is 4.39 Å². The molecule has 0 atom stereocenters. The van der Waals surface area contributed by atoms with Crippen LogP contribution in [0.15, 0.2) is 42.6 Å². The zero-order valence-electron chi connectivity index (χ0n) is 11.0. The Balaban J connectivity index is 2.01. The number of esters is 1. The Morgan fingerprint density at radius 1 is 1.30 bits per heavy atom. The summed E-state index contributed by atoms with van der Waals surface area (Å²) in [5.41, 5.74) is 0.653. The van der Waals surface area contributed by atoms with Gasteiger partial charge < -0.3 is 9.47 Å². The molecule has 0 spiro atoms. The Kier molecular flexibility index (Phi) is 4.65. The second-order valence-corrected chi connectivity index (χ2v) is 3.98. The molecule has 4 nitrogen and oxygen atoms in total. The third kappa shape index (κ3) is 3.54. The molecule has 0 aliphatic carbocycles. The normalized spacial score (nSPS) is 10.1. The Bertz CT molecular complexity index is 601. The molecular weight excluding hydrogens is 261 g/mol. The van der Waals surface area contributed by atoms with E-state index in [9.17, 15) is 9.18 Å². The van der Waals surface area contributed by atoms with E-state index in [0.29, 0.717) is 23.6 Å². The lowest BCUT2D eigenvalue weighted by molar-refractivity contribution is 0.0468. The van der Waals surface area contributed by atoms with Gasteiger partial charge in [0.25, 0.3) is 0 Å². The van der Waals surface area contributed by atoms with Crippen molar-refractivity contribution >= 4 is 5.97 Å². The molecule has 0 saturated carbocycles. The molecule has 1 aromatic heterocycles. The van der Waals surface area contributed by atoms with Gasteiger partial charge in [0, 0.05) is 17.8 Å². The van der Waals surface area contributed by atoms with Gasteiger partial charge in [-0.1, -0.05) is 18.2 Å². The highest BCUT2D eigenvalue weighted by atomic mass is 19.1. The molecule has 0 radical (unpaired) electrons. The zero-order valence-corrected chi connectivity index (χ0v) is 11.0. The standard InChI is InChI=1S/C15H14FNO3/c1-2-19-14-9-11(7-8-17-14)15(18)20-10-12-5-3-4-6-13(12)16/h3-9H,2,10H2,1H3. The zero-order chi connectivity index (χ0) is 14.4. The van der Waals surface area contributed by atoms with Gasteiger partial charge in [0.2, 0.25) is 5.88 Å². The highest BCUT2D eigenvalue weighted by Gasteiger charge is 2.10. The SMILES string of the molecule is CCOc1cc(C(=O)OCc2ccccc2F)ccn1. The monoisotopic (exact) mass is 275 g/mol. The summed E-state index contributed by atoms with van der Waals surface area (Å²) in [6.07, 6.45) is 1.46. The number of pyridine rings is 1. The number of hydrogen-bond donors (Lipinski definition) is 0. The van der Waals surface area contributed by atoms with Crippen LogP contribution in [-0.4, -0.2) is 17.6 Å². The van der Waals surface area contributed by atoms with E-state index in [2.05, 4.69) is 4.98 Å². The Hall–Kier alpha value is -2.43. The van der Waals surface area contributed by atoms with E-state index in [1.165, 1.54) is 24.4 Å². The van der Waals surface area contributed by atoms with Crippen LogP contribution in [-0.2, 0) is 11.3 Å². The van der Waals surface area contributed by atoms with Gasteiger partial charge in [-0.15, -0.1) is 0 Å². The number of hydrogen-bond acceptors (Lipinski definition) is 4. The van der Waals surface area contributed by atoms with E-state index in [-0.39, 0.29) is 6.61 Å². The smallest absolute Gasteiger partial charge is 0.338 e. The molecule has 1 heterocycles. The number of nitrogens with zero attached hydrogens (tertiary/aromatic N) is 1. The predicted molar refractivity (Wildman–Crippen MR) is 70.9 cm³/mol. The number of benzene rings is 1. The van der Waals surface area contributed by atoms with Crippen LogP contribution in [0.25, 0.3) is 0 Å². The quantitative estimate of drug-likeness (QED) is 0.787. The molecule has 2 aromatic rings. The third-order valence-corrected chi connectivity index (χ3v) is 2.58. The average molecular weight is 275 g/mol. The van der Waals surface area contributed by atoms with Crippen LogP contribution in [0.2, 0.25) is 0 Å². The highest BCUT2D eigenvalue weighted by Crippen LogP contribution is 2.13. The van der Waals surface area contributed by atoms with Crippen LogP contribution in [0, 0.1) is 5.82 Å². The third-order valence-electron chi connectivity index (χ3n) is 2.58. The van der Waals surface area contributed by atoms with E-state index in [1.54, 1.807) is 18.2 Å². The fraction of sp³-hybridized carbons (Fsp3) is 0.200. The van der Waals surface area contributed by atoms with E-state index in [4.69, 9.17) is 9.47 Å². The lowest BCUT2D eigenvalue weighted by Gasteiger charge is -2.07. The van der Waals surface area contributed by atoms with Crippen molar-refractivity contribution in [3.63, 3.8) is 0 Å².